The van der Waals surface area contributed by atoms with Gasteiger partial charge in [-0.15, -0.1) is 0 Å². The van der Waals surface area contributed by atoms with Crippen LogP contribution in [0.4, 0.5) is 0 Å². The van der Waals surface area contributed by atoms with Gasteiger partial charge in [0.2, 0.25) is 0 Å². The first-order valence-electron chi connectivity index (χ1n) is 6.66. The summed E-state index contributed by atoms with van der Waals surface area (Å²) in [5, 5.41) is 3.40. The molecule has 0 spiro atoms. The van der Waals surface area contributed by atoms with Crippen molar-refractivity contribution in [1.82, 2.24) is 10.2 Å². The van der Waals surface area contributed by atoms with Gasteiger partial charge in [-0.05, 0) is 39.0 Å². The molecule has 2 nitrogen and oxygen atoms in total. The van der Waals surface area contributed by atoms with Gasteiger partial charge in [-0.1, -0.05) is 43.7 Å². The van der Waals surface area contributed by atoms with E-state index in [0.29, 0.717) is 6.04 Å². The predicted octanol–water partition coefficient (Wildman–Crippen LogP) is 2.90. The van der Waals surface area contributed by atoms with Gasteiger partial charge >= 0.3 is 0 Å². The molecule has 0 fully saturated rings. The van der Waals surface area contributed by atoms with Crippen molar-refractivity contribution in [2.45, 2.75) is 38.8 Å². The van der Waals surface area contributed by atoms with Crippen molar-refractivity contribution in [3.8, 4) is 0 Å². The van der Waals surface area contributed by atoms with Crippen LogP contribution in [0.15, 0.2) is 30.3 Å². The maximum Gasteiger partial charge on any atom is 0.0230 e. The third-order valence-corrected chi connectivity index (χ3v) is 3.20. The first-order valence-corrected chi connectivity index (χ1v) is 6.66. The zero-order valence-electron chi connectivity index (χ0n) is 11.4. The van der Waals surface area contributed by atoms with Gasteiger partial charge in [-0.25, -0.2) is 0 Å². The molecule has 17 heavy (non-hydrogen) atoms. The van der Waals surface area contributed by atoms with Gasteiger partial charge in [0.05, 0.1) is 0 Å². The zero-order valence-corrected chi connectivity index (χ0v) is 11.4. The van der Waals surface area contributed by atoms with E-state index in [9.17, 15) is 0 Å². The molecule has 1 aromatic carbocycles. The number of nitrogens with one attached hydrogen (secondary N) is 1. The van der Waals surface area contributed by atoms with Crippen LogP contribution in [0.1, 0.15) is 31.7 Å². The van der Waals surface area contributed by atoms with E-state index in [1.165, 1.54) is 24.8 Å². The van der Waals surface area contributed by atoms with Crippen LogP contribution in [-0.4, -0.2) is 31.6 Å². The van der Waals surface area contributed by atoms with E-state index in [1.54, 1.807) is 0 Å². The van der Waals surface area contributed by atoms with Crippen molar-refractivity contribution in [3.63, 3.8) is 0 Å². The second kappa shape index (κ2) is 8.26. The van der Waals surface area contributed by atoms with Crippen molar-refractivity contribution in [1.29, 1.82) is 0 Å². The lowest BCUT2D eigenvalue weighted by Gasteiger charge is -2.21. The van der Waals surface area contributed by atoms with Crippen molar-refractivity contribution in [2.24, 2.45) is 0 Å². The average molecular weight is 234 g/mol. The minimum Gasteiger partial charge on any atom is -0.317 e. The average Bonchev–Trinajstić information content (AvgIpc) is 2.35. The van der Waals surface area contributed by atoms with Gasteiger partial charge in [0.25, 0.3) is 0 Å². The molecule has 0 saturated carbocycles. The van der Waals surface area contributed by atoms with Crippen molar-refractivity contribution in [2.75, 3.05) is 20.6 Å². The fourth-order valence-corrected chi connectivity index (χ4v) is 2.13. The Balaban J connectivity index is 2.27. The molecule has 1 aromatic rings. The molecule has 1 N–H and O–H groups in total. The number of benzene rings is 1. The zero-order chi connectivity index (χ0) is 12.5. The Morgan fingerprint density at radius 1 is 1.18 bits per heavy atom. The molecule has 0 bridgehead atoms. The largest absolute Gasteiger partial charge is 0.317 e. The van der Waals surface area contributed by atoms with E-state index in [2.05, 4.69) is 61.6 Å². The summed E-state index contributed by atoms with van der Waals surface area (Å²) in [5.74, 6) is 0. The summed E-state index contributed by atoms with van der Waals surface area (Å²) in [4.78, 5) is 2.40. The highest BCUT2D eigenvalue weighted by molar-refractivity contribution is 5.14. The van der Waals surface area contributed by atoms with Gasteiger partial charge in [0.15, 0.2) is 0 Å². The molecule has 0 radical (unpaired) electrons. The molecule has 1 atom stereocenters. The van der Waals surface area contributed by atoms with E-state index in [4.69, 9.17) is 0 Å². The van der Waals surface area contributed by atoms with Crippen molar-refractivity contribution >= 4 is 0 Å². The van der Waals surface area contributed by atoms with Crippen LogP contribution in [0.25, 0.3) is 0 Å². The molecule has 1 rings (SSSR count). The van der Waals surface area contributed by atoms with E-state index < -0.39 is 0 Å². The Morgan fingerprint density at radius 2 is 1.88 bits per heavy atom. The summed E-state index contributed by atoms with van der Waals surface area (Å²) in [5.41, 5.74) is 1.39. The Morgan fingerprint density at radius 3 is 2.47 bits per heavy atom. The number of rotatable bonds is 8. The molecule has 0 aliphatic rings. The number of hydrogen-bond acceptors (Lipinski definition) is 2. The number of nitrogens with zero attached hydrogens (tertiary/aromatic N) is 1. The Kier molecular flexibility index (Phi) is 6.90. The van der Waals surface area contributed by atoms with Crippen molar-refractivity contribution < 1.29 is 0 Å². The molecule has 96 valence electrons. The first-order chi connectivity index (χ1) is 8.26. The van der Waals surface area contributed by atoms with E-state index >= 15 is 0 Å². The lowest BCUT2D eigenvalue weighted by atomic mass is 10.1. The van der Waals surface area contributed by atoms with Crippen LogP contribution in [0.3, 0.4) is 0 Å². The van der Waals surface area contributed by atoms with Gasteiger partial charge < -0.3 is 10.2 Å². The molecule has 2 heteroatoms. The maximum atomic E-state index is 3.40. The van der Waals surface area contributed by atoms with Crippen LogP contribution < -0.4 is 5.32 Å². The highest BCUT2D eigenvalue weighted by atomic mass is 15.1. The summed E-state index contributed by atoms with van der Waals surface area (Å²) in [6, 6.07) is 11.3. The summed E-state index contributed by atoms with van der Waals surface area (Å²) < 4.78 is 0. The Hall–Kier alpha value is -0.860. The van der Waals surface area contributed by atoms with E-state index in [0.717, 1.165) is 13.1 Å². The predicted molar refractivity (Wildman–Crippen MR) is 75.1 cm³/mol. The molecule has 0 amide bonds. The maximum absolute atomic E-state index is 3.40. The third kappa shape index (κ3) is 5.85. The smallest absolute Gasteiger partial charge is 0.0230 e. The van der Waals surface area contributed by atoms with Crippen LogP contribution >= 0.6 is 0 Å². The van der Waals surface area contributed by atoms with E-state index in [1.807, 2.05) is 0 Å². The van der Waals surface area contributed by atoms with Crippen LogP contribution in [0.5, 0.6) is 0 Å². The second-order valence-electron chi connectivity index (χ2n) is 4.79. The fourth-order valence-electron chi connectivity index (χ4n) is 2.13. The summed E-state index contributed by atoms with van der Waals surface area (Å²) in [6.07, 6.45) is 3.76. The van der Waals surface area contributed by atoms with Crippen LogP contribution in [0.2, 0.25) is 0 Å². The normalized spacial score (nSPS) is 12.9. The van der Waals surface area contributed by atoms with Crippen molar-refractivity contribution in [3.05, 3.63) is 35.9 Å². The summed E-state index contributed by atoms with van der Waals surface area (Å²) in [6.45, 7) is 4.45. The van der Waals surface area contributed by atoms with Crippen LogP contribution in [-0.2, 0) is 6.54 Å². The minimum atomic E-state index is 0.665. The molecule has 0 aliphatic carbocycles. The van der Waals surface area contributed by atoms with Gasteiger partial charge in [-0.3, -0.25) is 0 Å². The topological polar surface area (TPSA) is 15.3 Å². The monoisotopic (exact) mass is 234 g/mol. The molecular weight excluding hydrogens is 208 g/mol. The molecule has 0 heterocycles. The Bertz CT molecular complexity index is 284. The number of hydrogen-bond donors (Lipinski definition) is 1. The first kappa shape index (κ1) is 14.2. The fraction of sp³-hybridized carbons (Fsp3) is 0.600. The third-order valence-electron chi connectivity index (χ3n) is 3.20. The lowest BCUT2D eigenvalue weighted by Crippen LogP contribution is -2.30. The van der Waals surface area contributed by atoms with Gasteiger partial charge in [0, 0.05) is 12.6 Å². The van der Waals surface area contributed by atoms with Gasteiger partial charge in [0.1, 0.15) is 0 Å². The molecule has 1 unspecified atom stereocenters. The quantitative estimate of drug-likeness (QED) is 0.744. The summed E-state index contributed by atoms with van der Waals surface area (Å²) in [7, 11) is 4.27. The molecule has 0 aromatic heterocycles. The standard InChI is InChI=1S/C15H26N2/c1-4-8-15(16-2)11-12-17(3)13-14-9-6-5-7-10-14/h5-7,9-10,15-16H,4,8,11-13H2,1-3H3. The lowest BCUT2D eigenvalue weighted by molar-refractivity contribution is 0.298. The minimum absolute atomic E-state index is 0.665. The molecule has 0 aliphatic heterocycles. The second-order valence-corrected chi connectivity index (χ2v) is 4.79. The highest BCUT2D eigenvalue weighted by Crippen LogP contribution is 2.06. The van der Waals surface area contributed by atoms with Gasteiger partial charge in [-0.2, -0.15) is 0 Å². The van der Waals surface area contributed by atoms with E-state index in [-0.39, 0.29) is 0 Å². The highest BCUT2D eigenvalue weighted by Gasteiger charge is 2.06. The van der Waals surface area contributed by atoms with Crippen LogP contribution in [0, 0.1) is 0 Å². The molecular formula is C15H26N2. The SMILES string of the molecule is CCCC(CCN(C)Cc1ccccc1)NC. The summed E-state index contributed by atoms with van der Waals surface area (Å²) >= 11 is 0. The Labute approximate surface area is 106 Å². The molecule has 0 saturated heterocycles.